The molecule has 0 spiro atoms. The van der Waals surface area contributed by atoms with E-state index in [0.29, 0.717) is 18.0 Å². The molecule has 5 nitrogen and oxygen atoms in total. The van der Waals surface area contributed by atoms with Crippen LogP contribution >= 0.6 is 0 Å². The molecule has 2 saturated heterocycles. The number of nitrogens with zero attached hydrogens (tertiary/aromatic N) is 2. The number of likely N-dealkylation sites (tertiary alicyclic amines) is 2. The minimum absolute atomic E-state index is 0.235. The standard InChI is InChI=1S/C18H24N2O3/c21-17(13-19-9-1-2-10-19)20-11-3-4-16(12-20)14-5-7-15(8-6-14)18(22)23/h5-8,16H,1-4,9-13H2,(H,22,23). The van der Waals surface area contributed by atoms with Gasteiger partial charge in [-0.2, -0.15) is 0 Å². The molecule has 23 heavy (non-hydrogen) atoms. The van der Waals surface area contributed by atoms with Gasteiger partial charge in [-0.1, -0.05) is 12.1 Å². The summed E-state index contributed by atoms with van der Waals surface area (Å²) in [5.74, 6) is -0.351. The van der Waals surface area contributed by atoms with Gasteiger partial charge >= 0.3 is 5.97 Å². The van der Waals surface area contributed by atoms with Crippen molar-refractivity contribution in [1.29, 1.82) is 0 Å². The molecule has 1 aromatic rings. The van der Waals surface area contributed by atoms with E-state index in [1.165, 1.54) is 12.8 Å². The number of hydrogen-bond acceptors (Lipinski definition) is 3. The lowest BCUT2D eigenvalue weighted by atomic mass is 9.90. The Kier molecular flexibility index (Phi) is 4.96. The molecule has 0 aliphatic carbocycles. The van der Waals surface area contributed by atoms with Crippen LogP contribution in [-0.4, -0.2) is 59.5 Å². The third-order valence-electron chi connectivity index (χ3n) is 4.96. The first-order chi connectivity index (χ1) is 11.1. The van der Waals surface area contributed by atoms with Gasteiger partial charge in [0.25, 0.3) is 0 Å². The molecule has 1 aromatic carbocycles. The van der Waals surface area contributed by atoms with Crippen molar-refractivity contribution in [3.63, 3.8) is 0 Å². The van der Waals surface area contributed by atoms with E-state index >= 15 is 0 Å². The molecule has 1 unspecified atom stereocenters. The second-order valence-corrected chi connectivity index (χ2v) is 6.59. The summed E-state index contributed by atoms with van der Waals surface area (Å²) < 4.78 is 0. The highest BCUT2D eigenvalue weighted by Crippen LogP contribution is 2.27. The Hall–Kier alpha value is -1.88. The molecule has 2 fully saturated rings. The van der Waals surface area contributed by atoms with Crippen molar-refractivity contribution in [2.45, 2.75) is 31.6 Å². The molecule has 1 atom stereocenters. The van der Waals surface area contributed by atoms with Crippen LogP contribution in [0, 0.1) is 0 Å². The van der Waals surface area contributed by atoms with Crippen molar-refractivity contribution in [2.75, 3.05) is 32.7 Å². The van der Waals surface area contributed by atoms with E-state index in [0.717, 1.165) is 44.6 Å². The maximum atomic E-state index is 12.5. The normalized spacial score (nSPS) is 22.3. The molecule has 2 heterocycles. The number of benzene rings is 1. The van der Waals surface area contributed by atoms with Crippen molar-refractivity contribution in [3.05, 3.63) is 35.4 Å². The number of piperidine rings is 1. The molecule has 2 aliphatic rings. The van der Waals surface area contributed by atoms with E-state index < -0.39 is 5.97 Å². The summed E-state index contributed by atoms with van der Waals surface area (Å²) in [6, 6.07) is 7.09. The van der Waals surface area contributed by atoms with Crippen LogP contribution in [0.4, 0.5) is 0 Å². The summed E-state index contributed by atoms with van der Waals surface area (Å²) in [4.78, 5) is 27.6. The Labute approximate surface area is 136 Å². The second kappa shape index (κ2) is 7.13. The van der Waals surface area contributed by atoms with Crippen LogP contribution in [0.1, 0.15) is 47.5 Å². The van der Waals surface area contributed by atoms with Gasteiger partial charge in [0.15, 0.2) is 0 Å². The molecule has 0 aromatic heterocycles. The molecule has 0 saturated carbocycles. The molecule has 3 rings (SSSR count). The van der Waals surface area contributed by atoms with Gasteiger partial charge in [0.2, 0.25) is 5.91 Å². The topological polar surface area (TPSA) is 60.9 Å². The minimum atomic E-state index is -0.900. The van der Waals surface area contributed by atoms with Gasteiger partial charge < -0.3 is 10.0 Å². The van der Waals surface area contributed by atoms with Crippen molar-refractivity contribution in [1.82, 2.24) is 9.80 Å². The second-order valence-electron chi connectivity index (χ2n) is 6.59. The lowest BCUT2D eigenvalue weighted by molar-refractivity contribution is -0.133. The maximum Gasteiger partial charge on any atom is 0.335 e. The highest BCUT2D eigenvalue weighted by molar-refractivity contribution is 5.87. The fraction of sp³-hybridized carbons (Fsp3) is 0.556. The van der Waals surface area contributed by atoms with Gasteiger partial charge in [0.1, 0.15) is 0 Å². The average molecular weight is 316 g/mol. The van der Waals surface area contributed by atoms with Crippen LogP contribution in [0.3, 0.4) is 0 Å². The molecule has 0 radical (unpaired) electrons. The summed E-state index contributed by atoms with van der Waals surface area (Å²) in [7, 11) is 0. The van der Waals surface area contributed by atoms with Crippen LogP contribution in [0.15, 0.2) is 24.3 Å². The smallest absolute Gasteiger partial charge is 0.335 e. The quantitative estimate of drug-likeness (QED) is 0.925. The summed E-state index contributed by atoms with van der Waals surface area (Å²) in [6.07, 6.45) is 4.47. The monoisotopic (exact) mass is 316 g/mol. The van der Waals surface area contributed by atoms with Gasteiger partial charge in [-0.3, -0.25) is 9.69 Å². The van der Waals surface area contributed by atoms with E-state index in [-0.39, 0.29) is 5.91 Å². The summed E-state index contributed by atoms with van der Waals surface area (Å²) in [5.41, 5.74) is 1.44. The zero-order valence-electron chi connectivity index (χ0n) is 13.4. The average Bonchev–Trinajstić information content (AvgIpc) is 3.08. The maximum absolute atomic E-state index is 12.5. The minimum Gasteiger partial charge on any atom is -0.478 e. The molecule has 1 amide bonds. The zero-order valence-corrected chi connectivity index (χ0v) is 13.4. The molecule has 2 aliphatic heterocycles. The Balaban J connectivity index is 1.60. The number of rotatable bonds is 4. The molecule has 1 N–H and O–H groups in total. The first-order valence-corrected chi connectivity index (χ1v) is 8.47. The van der Waals surface area contributed by atoms with E-state index in [4.69, 9.17) is 5.11 Å². The van der Waals surface area contributed by atoms with E-state index in [1.54, 1.807) is 12.1 Å². The van der Waals surface area contributed by atoms with Gasteiger partial charge in [0.05, 0.1) is 12.1 Å². The Morgan fingerprint density at radius 2 is 1.74 bits per heavy atom. The fourth-order valence-electron chi connectivity index (χ4n) is 3.61. The van der Waals surface area contributed by atoms with Crippen LogP contribution in [0.2, 0.25) is 0 Å². The molecule has 124 valence electrons. The zero-order chi connectivity index (χ0) is 16.2. The number of carbonyl (C=O) groups excluding carboxylic acids is 1. The molecular formula is C18H24N2O3. The fourth-order valence-corrected chi connectivity index (χ4v) is 3.61. The Morgan fingerprint density at radius 3 is 2.39 bits per heavy atom. The van der Waals surface area contributed by atoms with Gasteiger partial charge in [-0.25, -0.2) is 4.79 Å². The van der Waals surface area contributed by atoms with Crippen molar-refractivity contribution < 1.29 is 14.7 Å². The van der Waals surface area contributed by atoms with Gasteiger partial charge in [-0.15, -0.1) is 0 Å². The molecule has 0 bridgehead atoms. The van der Waals surface area contributed by atoms with Crippen molar-refractivity contribution >= 4 is 11.9 Å². The summed E-state index contributed by atoms with van der Waals surface area (Å²) in [6.45, 7) is 4.22. The SMILES string of the molecule is O=C(O)c1ccc(C2CCCN(C(=O)CN3CCCC3)C2)cc1. The molecular weight excluding hydrogens is 292 g/mol. The van der Waals surface area contributed by atoms with Crippen molar-refractivity contribution in [3.8, 4) is 0 Å². The van der Waals surface area contributed by atoms with Crippen LogP contribution < -0.4 is 0 Å². The van der Waals surface area contributed by atoms with Crippen LogP contribution in [0.5, 0.6) is 0 Å². The van der Waals surface area contributed by atoms with Crippen molar-refractivity contribution in [2.24, 2.45) is 0 Å². The third kappa shape index (κ3) is 3.91. The Bertz CT molecular complexity index is 564. The third-order valence-corrected chi connectivity index (χ3v) is 4.96. The first-order valence-electron chi connectivity index (χ1n) is 8.47. The molecule has 5 heteroatoms. The van der Waals surface area contributed by atoms with E-state index in [1.807, 2.05) is 17.0 Å². The largest absolute Gasteiger partial charge is 0.478 e. The number of aromatic carboxylic acids is 1. The lowest BCUT2D eigenvalue weighted by Gasteiger charge is -2.34. The number of carbonyl (C=O) groups is 2. The predicted octanol–water partition coefficient (Wildman–Crippen LogP) is 2.19. The Morgan fingerprint density at radius 1 is 1.04 bits per heavy atom. The van der Waals surface area contributed by atoms with Crippen LogP contribution in [0.25, 0.3) is 0 Å². The number of carboxylic acids is 1. The van der Waals surface area contributed by atoms with Gasteiger partial charge in [0, 0.05) is 19.0 Å². The highest BCUT2D eigenvalue weighted by atomic mass is 16.4. The summed E-state index contributed by atoms with van der Waals surface area (Å²) in [5, 5.41) is 8.98. The lowest BCUT2D eigenvalue weighted by Crippen LogP contribution is -2.44. The van der Waals surface area contributed by atoms with E-state index in [2.05, 4.69) is 4.90 Å². The van der Waals surface area contributed by atoms with Gasteiger partial charge in [-0.05, 0) is 56.5 Å². The van der Waals surface area contributed by atoms with E-state index in [9.17, 15) is 9.59 Å². The number of hydrogen-bond donors (Lipinski definition) is 1. The first kappa shape index (κ1) is 16.0. The predicted molar refractivity (Wildman–Crippen MR) is 87.6 cm³/mol. The summed E-state index contributed by atoms with van der Waals surface area (Å²) >= 11 is 0. The van der Waals surface area contributed by atoms with Crippen LogP contribution in [-0.2, 0) is 4.79 Å². The number of amides is 1. The highest BCUT2D eigenvalue weighted by Gasteiger charge is 2.26. The number of carboxylic acid groups (broad SMARTS) is 1.